The Hall–Kier alpha value is -4.04. The highest BCUT2D eigenvalue weighted by atomic mass is 19.1. The number of aliphatic hydroxyl groups excluding tert-OH is 1. The van der Waals surface area contributed by atoms with E-state index in [9.17, 15) is 13.6 Å². The van der Waals surface area contributed by atoms with Crippen LogP contribution in [-0.4, -0.2) is 42.3 Å². The molecule has 0 radical (unpaired) electrons. The summed E-state index contributed by atoms with van der Waals surface area (Å²) in [5.41, 5.74) is 0.574. The maximum atomic E-state index is 14.1. The van der Waals surface area contributed by atoms with E-state index in [1.165, 1.54) is 6.07 Å². The number of halogens is 2. The summed E-state index contributed by atoms with van der Waals surface area (Å²) in [6.07, 6.45) is 4.56. The van der Waals surface area contributed by atoms with Crippen LogP contribution in [-0.2, 0) is 16.1 Å². The van der Waals surface area contributed by atoms with E-state index >= 15 is 0 Å². The number of hydrogen-bond acceptors (Lipinski definition) is 5. The number of nitrogens with zero attached hydrogens (tertiary/aromatic N) is 1. The van der Waals surface area contributed by atoms with Gasteiger partial charge in [-0.2, -0.15) is 0 Å². The highest BCUT2D eigenvalue weighted by molar-refractivity contribution is 6.00. The Morgan fingerprint density at radius 2 is 1.89 bits per heavy atom. The Morgan fingerprint density at radius 3 is 2.62 bits per heavy atom. The molecule has 0 saturated heterocycles. The van der Waals surface area contributed by atoms with Crippen molar-refractivity contribution in [3.63, 3.8) is 0 Å². The summed E-state index contributed by atoms with van der Waals surface area (Å²) >= 11 is 0. The molecule has 3 aromatic rings. The molecule has 1 amide bonds. The summed E-state index contributed by atoms with van der Waals surface area (Å²) in [4.78, 5) is 18.0. The number of aliphatic hydroxyl groups is 1. The SMILES string of the molecule is O=C(NCc1ccc(F)cc1F)[C@@]1(C/C=C/c2ccccc2)COC(c2ccc(OCCCO)cc2)=N1. The van der Waals surface area contributed by atoms with Crippen molar-refractivity contribution in [2.75, 3.05) is 19.8 Å². The van der Waals surface area contributed by atoms with Crippen molar-refractivity contribution in [1.82, 2.24) is 5.32 Å². The van der Waals surface area contributed by atoms with Gasteiger partial charge in [-0.3, -0.25) is 4.79 Å². The number of ether oxygens (including phenoxy) is 2. The summed E-state index contributed by atoms with van der Waals surface area (Å²) in [7, 11) is 0. The summed E-state index contributed by atoms with van der Waals surface area (Å²) in [5, 5.41) is 11.6. The minimum absolute atomic E-state index is 0.00788. The first kappa shape index (κ1) is 26.0. The second-order valence-corrected chi connectivity index (χ2v) is 8.62. The molecule has 1 heterocycles. The number of carbonyl (C=O) groups is 1. The molecule has 8 heteroatoms. The van der Waals surface area contributed by atoms with Crippen molar-refractivity contribution in [3.8, 4) is 5.75 Å². The lowest BCUT2D eigenvalue weighted by atomic mass is 9.95. The van der Waals surface area contributed by atoms with Crippen LogP contribution in [0.1, 0.15) is 29.5 Å². The van der Waals surface area contributed by atoms with Gasteiger partial charge < -0.3 is 19.9 Å². The largest absolute Gasteiger partial charge is 0.494 e. The number of aliphatic imine (C=N–C) groups is 1. The van der Waals surface area contributed by atoms with Gasteiger partial charge in [0.25, 0.3) is 5.91 Å². The van der Waals surface area contributed by atoms with Crippen molar-refractivity contribution >= 4 is 17.9 Å². The average molecular weight is 507 g/mol. The smallest absolute Gasteiger partial charge is 0.252 e. The molecule has 2 N–H and O–H groups in total. The van der Waals surface area contributed by atoms with Gasteiger partial charge >= 0.3 is 0 Å². The third kappa shape index (κ3) is 6.80. The summed E-state index contributed by atoms with van der Waals surface area (Å²) in [6, 6.07) is 20.0. The Morgan fingerprint density at radius 1 is 1.11 bits per heavy atom. The maximum Gasteiger partial charge on any atom is 0.252 e. The molecular weight excluding hydrogens is 478 g/mol. The van der Waals surface area contributed by atoms with Gasteiger partial charge in [0.1, 0.15) is 24.0 Å². The number of hydrogen-bond donors (Lipinski definition) is 2. The fraction of sp³-hybridized carbons (Fsp3) is 0.241. The fourth-order valence-corrected chi connectivity index (χ4v) is 3.82. The van der Waals surface area contributed by atoms with Crippen molar-refractivity contribution in [3.05, 3.63) is 107 Å². The van der Waals surface area contributed by atoms with E-state index in [4.69, 9.17) is 14.6 Å². The molecule has 0 aliphatic carbocycles. The standard InChI is InChI=1S/C29H28F2N2O4/c30-24-12-9-23(26(31)18-24)19-32-28(35)29(15-4-8-21-6-2-1-3-7-21)20-37-27(33-29)22-10-13-25(14-11-22)36-17-5-16-34/h1-4,6-14,18,34H,5,15-17,19-20H2,(H,32,35)/b8-4+/t29-/m1/s1. The van der Waals surface area contributed by atoms with Crippen LogP contribution < -0.4 is 10.1 Å². The zero-order valence-electron chi connectivity index (χ0n) is 20.2. The quantitative estimate of drug-likeness (QED) is 0.371. The first-order valence-corrected chi connectivity index (χ1v) is 12.0. The number of rotatable bonds is 11. The van der Waals surface area contributed by atoms with Crippen LogP contribution in [0.3, 0.4) is 0 Å². The summed E-state index contributed by atoms with van der Waals surface area (Å²) < 4.78 is 38.8. The van der Waals surface area contributed by atoms with E-state index in [0.717, 1.165) is 17.7 Å². The van der Waals surface area contributed by atoms with Crippen LogP contribution in [0.5, 0.6) is 5.75 Å². The van der Waals surface area contributed by atoms with Gasteiger partial charge in [-0.1, -0.05) is 48.6 Å². The Labute approximate surface area is 214 Å². The van der Waals surface area contributed by atoms with Crippen LogP contribution in [0.4, 0.5) is 8.78 Å². The predicted molar refractivity (Wildman–Crippen MR) is 137 cm³/mol. The zero-order valence-corrected chi connectivity index (χ0v) is 20.2. The molecule has 0 spiro atoms. The summed E-state index contributed by atoms with van der Waals surface area (Å²) in [6.45, 7) is 0.353. The lowest BCUT2D eigenvalue weighted by Gasteiger charge is -2.21. The average Bonchev–Trinajstić information content (AvgIpc) is 3.35. The van der Waals surface area contributed by atoms with Crippen molar-refractivity contribution in [2.45, 2.75) is 24.9 Å². The molecule has 1 aliphatic heterocycles. The highest BCUT2D eigenvalue weighted by Gasteiger charge is 2.43. The predicted octanol–water partition coefficient (Wildman–Crippen LogP) is 4.66. The number of amides is 1. The Kier molecular flexibility index (Phi) is 8.64. The number of nitrogens with one attached hydrogen (secondary N) is 1. The maximum absolute atomic E-state index is 14.1. The van der Waals surface area contributed by atoms with Gasteiger partial charge in [-0.25, -0.2) is 13.8 Å². The van der Waals surface area contributed by atoms with Gasteiger partial charge in [0.15, 0.2) is 5.54 Å². The topological polar surface area (TPSA) is 80.2 Å². The van der Waals surface area contributed by atoms with Gasteiger partial charge in [-0.15, -0.1) is 0 Å². The van der Waals surface area contributed by atoms with E-state index in [1.807, 2.05) is 42.5 Å². The molecule has 0 aromatic heterocycles. The Balaban J connectivity index is 1.53. The molecule has 0 unspecified atom stereocenters. The molecule has 3 aromatic carbocycles. The Bertz CT molecular complexity index is 1260. The van der Waals surface area contributed by atoms with Gasteiger partial charge in [-0.05, 0) is 35.9 Å². The van der Waals surface area contributed by atoms with Gasteiger partial charge in [0.05, 0.1) is 6.61 Å². The first-order valence-electron chi connectivity index (χ1n) is 12.0. The molecule has 0 bridgehead atoms. The van der Waals surface area contributed by atoms with E-state index in [0.29, 0.717) is 30.2 Å². The molecule has 192 valence electrons. The van der Waals surface area contributed by atoms with E-state index < -0.39 is 23.1 Å². The van der Waals surface area contributed by atoms with Crippen molar-refractivity contribution in [1.29, 1.82) is 0 Å². The molecular formula is C29H28F2N2O4. The second kappa shape index (κ2) is 12.3. The summed E-state index contributed by atoms with van der Waals surface area (Å²) in [5.74, 6) is -0.872. The van der Waals surface area contributed by atoms with E-state index in [-0.39, 0.29) is 31.7 Å². The fourth-order valence-electron chi connectivity index (χ4n) is 3.82. The van der Waals surface area contributed by atoms with Gasteiger partial charge in [0.2, 0.25) is 5.90 Å². The second-order valence-electron chi connectivity index (χ2n) is 8.62. The third-order valence-electron chi connectivity index (χ3n) is 5.88. The molecule has 1 aliphatic rings. The zero-order chi connectivity index (χ0) is 26.1. The van der Waals surface area contributed by atoms with E-state index in [1.54, 1.807) is 24.3 Å². The normalized spacial score (nSPS) is 16.9. The minimum atomic E-state index is -1.26. The van der Waals surface area contributed by atoms with Crippen LogP contribution >= 0.6 is 0 Å². The highest BCUT2D eigenvalue weighted by Crippen LogP contribution is 2.28. The van der Waals surface area contributed by atoms with Crippen LogP contribution in [0, 0.1) is 11.6 Å². The van der Waals surface area contributed by atoms with Gasteiger partial charge in [0, 0.05) is 43.2 Å². The molecule has 37 heavy (non-hydrogen) atoms. The first-order chi connectivity index (χ1) is 18.0. The molecule has 0 fully saturated rings. The lowest BCUT2D eigenvalue weighted by molar-refractivity contribution is -0.126. The molecule has 0 saturated carbocycles. The monoisotopic (exact) mass is 506 g/mol. The van der Waals surface area contributed by atoms with Crippen molar-refractivity contribution < 1.29 is 28.2 Å². The number of benzene rings is 3. The van der Waals surface area contributed by atoms with Crippen LogP contribution in [0.2, 0.25) is 0 Å². The molecule has 6 nitrogen and oxygen atoms in total. The molecule has 1 atom stereocenters. The van der Waals surface area contributed by atoms with Crippen LogP contribution in [0.15, 0.2) is 83.9 Å². The third-order valence-corrected chi connectivity index (χ3v) is 5.88. The van der Waals surface area contributed by atoms with Crippen LogP contribution in [0.25, 0.3) is 6.08 Å². The van der Waals surface area contributed by atoms with Crippen molar-refractivity contribution in [2.24, 2.45) is 4.99 Å². The number of carbonyl (C=O) groups excluding carboxylic acids is 1. The molecule has 4 rings (SSSR count). The lowest BCUT2D eigenvalue weighted by Crippen LogP contribution is -2.46. The van der Waals surface area contributed by atoms with E-state index in [2.05, 4.69) is 10.3 Å². The minimum Gasteiger partial charge on any atom is -0.494 e.